The summed E-state index contributed by atoms with van der Waals surface area (Å²) in [5, 5.41) is 3.06. The number of para-hydroxylation sites is 2. The molecule has 1 atom stereocenters. The smallest absolute Gasteiger partial charge is 0.212 e. The van der Waals surface area contributed by atoms with Crippen LogP contribution in [0.5, 0.6) is 0 Å². The van der Waals surface area contributed by atoms with E-state index in [0.717, 1.165) is 22.5 Å². The summed E-state index contributed by atoms with van der Waals surface area (Å²) in [5.74, 6) is 1.13. The van der Waals surface area contributed by atoms with Gasteiger partial charge in [-0.1, -0.05) is 35.9 Å². The van der Waals surface area contributed by atoms with Crippen molar-refractivity contribution in [1.29, 1.82) is 0 Å². The van der Waals surface area contributed by atoms with Gasteiger partial charge in [0.25, 0.3) is 0 Å². The van der Waals surface area contributed by atoms with Crippen LogP contribution in [0.3, 0.4) is 0 Å². The van der Waals surface area contributed by atoms with Crippen LogP contribution < -0.4 is 11.1 Å². The number of benzene rings is 2. The van der Waals surface area contributed by atoms with E-state index < -0.39 is 0 Å². The van der Waals surface area contributed by atoms with Gasteiger partial charge in [0.15, 0.2) is 12.1 Å². The number of nitrogens with one attached hydrogen (secondary N) is 1. The monoisotopic (exact) mass is 291 g/mol. The molecule has 0 radical (unpaired) electrons. The summed E-state index contributed by atoms with van der Waals surface area (Å²) in [6.07, 6.45) is -0.191. The molecule has 0 aliphatic carbocycles. The van der Waals surface area contributed by atoms with Gasteiger partial charge >= 0.3 is 0 Å². The van der Waals surface area contributed by atoms with Gasteiger partial charge in [0.1, 0.15) is 0 Å². The minimum atomic E-state index is -0.191. The molecule has 1 aliphatic rings. The highest BCUT2D eigenvalue weighted by Crippen LogP contribution is 2.33. The number of hydrogen-bond acceptors (Lipinski definition) is 4. The minimum absolute atomic E-state index is 0.191. The Hall–Kier alpha value is -2.82. The van der Waals surface area contributed by atoms with Gasteiger partial charge in [-0.05, 0) is 37.1 Å². The van der Waals surface area contributed by atoms with Crippen LogP contribution in [-0.2, 0) is 0 Å². The quantitative estimate of drug-likeness (QED) is 0.724. The molecule has 5 nitrogen and oxygen atoms in total. The van der Waals surface area contributed by atoms with Crippen molar-refractivity contribution < 1.29 is 0 Å². The van der Waals surface area contributed by atoms with E-state index in [1.165, 1.54) is 11.1 Å². The summed E-state index contributed by atoms with van der Waals surface area (Å²) >= 11 is 0. The van der Waals surface area contributed by atoms with E-state index in [1.807, 2.05) is 18.2 Å². The van der Waals surface area contributed by atoms with Crippen LogP contribution in [0.15, 0.2) is 47.5 Å². The van der Waals surface area contributed by atoms with E-state index >= 15 is 0 Å². The summed E-state index contributed by atoms with van der Waals surface area (Å²) in [5.41, 5.74) is 11.5. The first-order valence-electron chi connectivity index (χ1n) is 7.28. The first-order chi connectivity index (χ1) is 10.6. The Balaban J connectivity index is 1.98. The Labute approximate surface area is 128 Å². The molecule has 1 aliphatic heterocycles. The average molecular weight is 291 g/mol. The van der Waals surface area contributed by atoms with E-state index in [1.54, 1.807) is 0 Å². The van der Waals surface area contributed by atoms with E-state index in [9.17, 15) is 0 Å². The maximum Gasteiger partial charge on any atom is 0.212 e. The van der Waals surface area contributed by atoms with Crippen LogP contribution in [0.4, 0.5) is 5.95 Å². The van der Waals surface area contributed by atoms with Gasteiger partial charge in [-0.3, -0.25) is 9.88 Å². The third-order valence-corrected chi connectivity index (χ3v) is 4.05. The molecule has 22 heavy (non-hydrogen) atoms. The SMILES string of the molecule is Cc1ccc(C2N=C(N)Nc3nc4ccccc4n32)c(C)c1. The number of nitrogens with zero attached hydrogens (tertiary/aromatic N) is 3. The second kappa shape index (κ2) is 4.59. The highest BCUT2D eigenvalue weighted by Gasteiger charge is 2.25. The van der Waals surface area contributed by atoms with Crippen molar-refractivity contribution in [2.24, 2.45) is 10.7 Å². The molecule has 5 heteroatoms. The van der Waals surface area contributed by atoms with E-state index in [-0.39, 0.29) is 6.17 Å². The molecule has 2 aromatic carbocycles. The predicted molar refractivity (Wildman–Crippen MR) is 89.0 cm³/mol. The van der Waals surface area contributed by atoms with Crippen molar-refractivity contribution in [3.8, 4) is 0 Å². The van der Waals surface area contributed by atoms with Gasteiger partial charge < -0.3 is 5.73 Å². The van der Waals surface area contributed by atoms with E-state index in [4.69, 9.17) is 5.73 Å². The number of guanidine groups is 1. The lowest BCUT2D eigenvalue weighted by Gasteiger charge is -2.25. The number of aromatic nitrogens is 2. The van der Waals surface area contributed by atoms with Crippen molar-refractivity contribution in [3.05, 3.63) is 59.2 Å². The van der Waals surface area contributed by atoms with Crippen molar-refractivity contribution in [3.63, 3.8) is 0 Å². The van der Waals surface area contributed by atoms with Gasteiger partial charge in [-0.15, -0.1) is 0 Å². The van der Waals surface area contributed by atoms with Gasteiger partial charge in [0.2, 0.25) is 5.95 Å². The lowest BCUT2D eigenvalue weighted by atomic mass is 10.0. The second-order valence-electron chi connectivity index (χ2n) is 5.67. The number of anilines is 1. The topological polar surface area (TPSA) is 68.2 Å². The van der Waals surface area contributed by atoms with Crippen LogP contribution >= 0.6 is 0 Å². The molecular formula is C17H17N5. The lowest BCUT2D eigenvalue weighted by molar-refractivity contribution is 0.622. The lowest BCUT2D eigenvalue weighted by Crippen LogP contribution is -2.31. The van der Waals surface area contributed by atoms with E-state index in [0.29, 0.717) is 5.96 Å². The fourth-order valence-electron chi connectivity index (χ4n) is 3.04. The number of rotatable bonds is 1. The molecule has 110 valence electrons. The van der Waals surface area contributed by atoms with Gasteiger partial charge in [0, 0.05) is 0 Å². The fourth-order valence-corrected chi connectivity index (χ4v) is 3.04. The molecule has 0 amide bonds. The number of hydrogen-bond donors (Lipinski definition) is 2. The summed E-state index contributed by atoms with van der Waals surface area (Å²) in [6, 6.07) is 14.4. The largest absolute Gasteiger partial charge is 0.370 e. The van der Waals surface area contributed by atoms with Crippen LogP contribution in [-0.4, -0.2) is 15.5 Å². The molecule has 4 rings (SSSR count). The number of fused-ring (bicyclic) bond motifs is 3. The molecule has 0 spiro atoms. The molecule has 3 N–H and O–H groups in total. The predicted octanol–water partition coefficient (Wildman–Crippen LogP) is 2.94. The molecule has 3 aromatic rings. The molecule has 0 saturated heterocycles. The molecule has 0 bridgehead atoms. The normalized spacial score (nSPS) is 17.0. The zero-order chi connectivity index (χ0) is 15.3. The van der Waals surface area contributed by atoms with Gasteiger partial charge in [0.05, 0.1) is 11.0 Å². The van der Waals surface area contributed by atoms with Gasteiger partial charge in [-0.2, -0.15) is 0 Å². The van der Waals surface area contributed by atoms with Crippen molar-refractivity contribution in [2.45, 2.75) is 20.0 Å². The van der Waals surface area contributed by atoms with Crippen LogP contribution in [0.1, 0.15) is 22.9 Å². The summed E-state index contributed by atoms with van der Waals surface area (Å²) in [6.45, 7) is 4.20. The third-order valence-electron chi connectivity index (χ3n) is 4.05. The Bertz CT molecular complexity index is 907. The zero-order valence-corrected chi connectivity index (χ0v) is 12.5. The molecule has 1 unspecified atom stereocenters. The summed E-state index contributed by atoms with van der Waals surface area (Å²) < 4.78 is 2.10. The standard InChI is InChI=1S/C17H17N5/c1-10-7-8-12(11(2)9-10)15-20-16(18)21-17-19-13-5-3-4-6-14(13)22(15)17/h3-9,15H,1-2H3,(H3,18,19,20,21). The Morgan fingerprint density at radius 2 is 1.95 bits per heavy atom. The molecule has 1 aromatic heterocycles. The number of imidazole rings is 1. The second-order valence-corrected chi connectivity index (χ2v) is 5.67. The van der Waals surface area contributed by atoms with Crippen LogP contribution in [0.25, 0.3) is 11.0 Å². The Morgan fingerprint density at radius 1 is 1.14 bits per heavy atom. The number of aliphatic imine (C=N–C) groups is 1. The summed E-state index contributed by atoms with van der Waals surface area (Å²) in [4.78, 5) is 9.23. The van der Waals surface area contributed by atoms with Gasteiger partial charge in [-0.25, -0.2) is 9.98 Å². The molecule has 2 heterocycles. The average Bonchev–Trinajstić information content (AvgIpc) is 2.84. The summed E-state index contributed by atoms with van der Waals surface area (Å²) in [7, 11) is 0. The van der Waals surface area contributed by atoms with Crippen LogP contribution in [0, 0.1) is 13.8 Å². The van der Waals surface area contributed by atoms with Crippen molar-refractivity contribution in [2.75, 3.05) is 5.32 Å². The highest BCUT2D eigenvalue weighted by atomic mass is 15.4. The molecular weight excluding hydrogens is 274 g/mol. The maximum absolute atomic E-state index is 5.96. The first kappa shape index (κ1) is 12.9. The number of nitrogens with two attached hydrogens (primary N) is 1. The Morgan fingerprint density at radius 3 is 2.77 bits per heavy atom. The van der Waals surface area contributed by atoms with E-state index in [2.05, 4.69) is 58.0 Å². The molecule has 0 saturated carbocycles. The fraction of sp³-hybridized carbons (Fsp3) is 0.176. The zero-order valence-electron chi connectivity index (χ0n) is 12.5. The third kappa shape index (κ3) is 1.86. The van der Waals surface area contributed by atoms with Crippen LogP contribution in [0.2, 0.25) is 0 Å². The Kier molecular flexibility index (Phi) is 2.69. The maximum atomic E-state index is 5.96. The van der Waals surface area contributed by atoms with Crippen molar-refractivity contribution >= 4 is 22.9 Å². The van der Waals surface area contributed by atoms with Crippen molar-refractivity contribution in [1.82, 2.24) is 9.55 Å². The number of aryl methyl sites for hydroxylation is 2. The molecule has 0 fully saturated rings. The highest BCUT2D eigenvalue weighted by molar-refractivity contribution is 5.94. The first-order valence-corrected chi connectivity index (χ1v) is 7.28. The minimum Gasteiger partial charge on any atom is -0.370 e.